The number of rotatable bonds is 7. The fourth-order valence-electron chi connectivity index (χ4n) is 2.16. The van der Waals surface area contributed by atoms with Crippen LogP contribution < -0.4 is 15.5 Å². The molecule has 27 heavy (non-hydrogen) atoms. The van der Waals surface area contributed by atoms with Gasteiger partial charge in [0.2, 0.25) is 0 Å². The number of amides is 2. The molecule has 2 rings (SSSR count). The molecule has 2 aromatic carbocycles. The van der Waals surface area contributed by atoms with Crippen molar-refractivity contribution in [3.63, 3.8) is 0 Å². The summed E-state index contributed by atoms with van der Waals surface area (Å²) in [5.74, 6) is -0.537. The van der Waals surface area contributed by atoms with E-state index in [2.05, 4.69) is 15.8 Å². The molecule has 0 saturated heterocycles. The minimum absolute atomic E-state index is 0.332. The van der Waals surface area contributed by atoms with Gasteiger partial charge in [-0.25, -0.2) is 5.43 Å². The molecule has 0 bridgehead atoms. The van der Waals surface area contributed by atoms with E-state index < -0.39 is 24.0 Å². The minimum atomic E-state index is -1.16. The number of hydrogen-bond donors (Lipinski definition) is 3. The van der Waals surface area contributed by atoms with Crippen molar-refractivity contribution in [3.8, 4) is 5.75 Å². The largest absolute Gasteiger partial charge is 0.497 e. The second-order valence-corrected chi connectivity index (χ2v) is 6.14. The van der Waals surface area contributed by atoms with Crippen LogP contribution in [-0.4, -0.2) is 42.4 Å². The summed E-state index contributed by atoms with van der Waals surface area (Å²) < 4.78 is 5.03. The second-order valence-electron chi connectivity index (χ2n) is 5.71. The first-order chi connectivity index (χ1) is 12.9. The van der Waals surface area contributed by atoms with E-state index in [1.54, 1.807) is 48.5 Å². The van der Waals surface area contributed by atoms with E-state index in [1.165, 1.54) is 20.2 Å². The average molecular weight is 390 g/mol. The lowest BCUT2D eigenvalue weighted by atomic mass is 10.1. The number of aliphatic hydroxyl groups excluding tert-OH is 1. The predicted molar refractivity (Wildman–Crippen MR) is 103 cm³/mol. The lowest BCUT2D eigenvalue weighted by Crippen LogP contribution is -2.51. The first-order valence-electron chi connectivity index (χ1n) is 8.12. The lowest BCUT2D eigenvalue weighted by Gasteiger charge is -2.19. The van der Waals surface area contributed by atoms with E-state index in [4.69, 9.17) is 16.3 Å². The smallest absolute Gasteiger partial charge is 0.265 e. The van der Waals surface area contributed by atoms with Crippen molar-refractivity contribution < 1.29 is 19.4 Å². The van der Waals surface area contributed by atoms with Crippen molar-refractivity contribution >= 4 is 29.6 Å². The van der Waals surface area contributed by atoms with E-state index >= 15 is 0 Å². The van der Waals surface area contributed by atoms with Crippen molar-refractivity contribution in [2.24, 2.45) is 5.10 Å². The number of ether oxygens (including phenoxy) is 1. The summed E-state index contributed by atoms with van der Waals surface area (Å²) in [5, 5.41) is 16.8. The van der Waals surface area contributed by atoms with Crippen molar-refractivity contribution in [1.29, 1.82) is 0 Å². The highest BCUT2D eigenvalue weighted by atomic mass is 35.5. The Morgan fingerprint density at radius 3 is 2.33 bits per heavy atom. The average Bonchev–Trinajstić information content (AvgIpc) is 2.67. The number of methoxy groups -OCH3 is 1. The van der Waals surface area contributed by atoms with Crippen LogP contribution >= 0.6 is 11.6 Å². The molecular formula is C19H20ClN3O4. The van der Waals surface area contributed by atoms with Gasteiger partial charge in [-0.1, -0.05) is 23.7 Å². The third-order valence-electron chi connectivity index (χ3n) is 3.66. The molecule has 0 radical (unpaired) electrons. The summed E-state index contributed by atoms with van der Waals surface area (Å²) in [4.78, 5) is 24.6. The summed E-state index contributed by atoms with van der Waals surface area (Å²) in [6.07, 6.45) is 0.316. The van der Waals surface area contributed by atoms with Gasteiger partial charge in [0.05, 0.1) is 19.4 Å². The van der Waals surface area contributed by atoms with Gasteiger partial charge in [0.1, 0.15) is 11.8 Å². The molecule has 7 nitrogen and oxygen atoms in total. The molecule has 2 amide bonds. The van der Waals surface area contributed by atoms with Crippen LogP contribution in [0, 0.1) is 0 Å². The molecule has 0 aliphatic heterocycles. The van der Waals surface area contributed by atoms with Crippen molar-refractivity contribution in [1.82, 2.24) is 10.7 Å². The van der Waals surface area contributed by atoms with Gasteiger partial charge in [-0.05, 0) is 48.9 Å². The van der Waals surface area contributed by atoms with Crippen molar-refractivity contribution in [3.05, 3.63) is 64.7 Å². The van der Waals surface area contributed by atoms with Crippen LogP contribution in [0.3, 0.4) is 0 Å². The SMILES string of the molecule is COc1ccc(C(=O)N[C@H](C(=O)N/N=C/c2ccc(Cl)cc2)C(C)O)cc1. The van der Waals surface area contributed by atoms with Crippen LogP contribution in [0.1, 0.15) is 22.8 Å². The Labute approximate surface area is 162 Å². The van der Waals surface area contributed by atoms with Gasteiger partial charge in [-0.3, -0.25) is 9.59 Å². The van der Waals surface area contributed by atoms with Crippen LogP contribution in [0.25, 0.3) is 0 Å². The molecule has 0 aliphatic carbocycles. The van der Waals surface area contributed by atoms with E-state index in [-0.39, 0.29) is 0 Å². The Morgan fingerprint density at radius 2 is 1.78 bits per heavy atom. The van der Waals surface area contributed by atoms with Gasteiger partial charge in [-0.2, -0.15) is 5.10 Å². The number of hydrogen-bond acceptors (Lipinski definition) is 5. The predicted octanol–water partition coefficient (Wildman–Crippen LogP) is 1.98. The molecule has 0 saturated carbocycles. The molecule has 0 heterocycles. The van der Waals surface area contributed by atoms with Gasteiger partial charge < -0.3 is 15.2 Å². The van der Waals surface area contributed by atoms with E-state index in [9.17, 15) is 14.7 Å². The molecule has 142 valence electrons. The fourth-order valence-corrected chi connectivity index (χ4v) is 2.29. The Morgan fingerprint density at radius 1 is 1.15 bits per heavy atom. The molecule has 0 aliphatic rings. The number of aliphatic hydroxyl groups is 1. The Kier molecular flexibility index (Phi) is 7.34. The Balaban J connectivity index is 1.99. The minimum Gasteiger partial charge on any atom is -0.497 e. The summed E-state index contributed by atoms with van der Waals surface area (Å²) in [6.45, 7) is 1.40. The van der Waals surface area contributed by atoms with Gasteiger partial charge >= 0.3 is 0 Å². The van der Waals surface area contributed by atoms with Crippen LogP contribution in [0.5, 0.6) is 5.75 Å². The van der Waals surface area contributed by atoms with Crippen LogP contribution in [0.2, 0.25) is 5.02 Å². The van der Waals surface area contributed by atoms with E-state index in [0.29, 0.717) is 16.3 Å². The monoisotopic (exact) mass is 389 g/mol. The standard InChI is InChI=1S/C19H20ClN3O4/c1-12(24)17(22-18(25)14-5-9-16(27-2)10-6-14)19(26)23-21-11-13-3-7-15(20)8-4-13/h3-12,17,24H,1-2H3,(H,22,25)(H,23,26)/b21-11+/t12?,17-/m0/s1. The Bertz CT molecular complexity index is 805. The van der Waals surface area contributed by atoms with Crippen LogP contribution in [-0.2, 0) is 4.79 Å². The zero-order valence-electron chi connectivity index (χ0n) is 14.8. The zero-order chi connectivity index (χ0) is 19.8. The highest BCUT2D eigenvalue weighted by molar-refractivity contribution is 6.30. The summed E-state index contributed by atoms with van der Waals surface area (Å²) >= 11 is 5.80. The van der Waals surface area contributed by atoms with Crippen LogP contribution in [0.4, 0.5) is 0 Å². The highest BCUT2D eigenvalue weighted by Crippen LogP contribution is 2.11. The number of carbonyl (C=O) groups is 2. The summed E-state index contributed by atoms with van der Waals surface area (Å²) in [6, 6.07) is 12.1. The number of halogens is 1. The molecule has 8 heteroatoms. The summed E-state index contributed by atoms with van der Waals surface area (Å²) in [7, 11) is 1.52. The maximum absolute atomic E-state index is 12.3. The number of nitrogens with one attached hydrogen (secondary N) is 2. The number of benzene rings is 2. The number of hydrazone groups is 1. The third kappa shape index (κ3) is 6.09. The molecule has 3 N–H and O–H groups in total. The highest BCUT2D eigenvalue weighted by Gasteiger charge is 2.26. The first-order valence-corrected chi connectivity index (χ1v) is 8.50. The topological polar surface area (TPSA) is 100 Å². The third-order valence-corrected chi connectivity index (χ3v) is 3.91. The van der Waals surface area contributed by atoms with Crippen molar-refractivity contribution in [2.75, 3.05) is 7.11 Å². The molecule has 1 unspecified atom stereocenters. The molecular weight excluding hydrogens is 370 g/mol. The van der Waals surface area contributed by atoms with Crippen LogP contribution in [0.15, 0.2) is 53.6 Å². The quantitative estimate of drug-likeness (QED) is 0.498. The van der Waals surface area contributed by atoms with E-state index in [1.807, 2.05) is 0 Å². The maximum atomic E-state index is 12.3. The molecule has 0 fully saturated rings. The van der Waals surface area contributed by atoms with Gasteiger partial charge in [0.15, 0.2) is 0 Å². The van der Waals surface area contributed by atoms with Gasteiger partial charge in [0.25, 0.3) is 11.8 Å². The number of nitrogens with zero attached hydrogens (tertiary/aromatic N) is 1. The molecule has 2 atom stereocenters. The molecule has 0 spiro atoms. The normalized spacial score (nSPS) is 13.0. The maximum Gasteiger partial charge on any atom is 0.265 e. The van der Waals surface area contributed by atoms with Crippen molar-refractivity contribution in [2.45, 2.75) is 19.1 Å². The molecule has 0 aromatic heterocycles. The second kappa shape index (κ2) is 9.70. The zero-order valence-corrected chi connectivity index (χ0v) is 15.6. The summed E-state index contributed by atoms with van der Waals surface area (Å²) in [5.41, 5.74) is 3.37. The lowest BCUT2D eigenvalue weighted by molar-refractivity contribution is -0.125. The van der Waals surface area contributed by atoms with Gasteiger partial charge in [0, 0.05) is 10.6 Å². The Hall–Kier alpha value is -2.90. The number of carbonyl (C=O) groups excluding carboxylic acids is 2. The fraction of sp³-hybridized carbons (Fsp3) is 0.211. The molecule has 2 aromatic rings. The van der Waals surface area contributed by atoms with E-state index in [0.717, 1.165) is 5.56 Å². The van der Waals surface area contributed by atoms with Gasteiger partial charge in [-0.15, -0.1) is 0 Å². The first kappa shape index (κ1) is 20.4.